The first kappa shape index (κ1) is 16.0. The highest BCUT2D eigenvalue weighted by atomic mass is 16.3. The van der Waals surface area contributed by atoms with Gasteiger partial charge in [0.2, 0.25) is 0 Å². The topological polar surface area (TPSA) is 40.5 Å². The molecule has 3 aliphatic rings. The molecule has 5 atom stereocenters. The minimum atomic E-state index is -0.587. The molecule has 3 aliphatic carbocycles. The van der Waals surface area contributed by atoms with Crippen LogP contribution in [-0.2, 0) is 0 Å². The Kier molecular flexibility index (Phi) is 4.35. The van der Waals surface area contributed by atoms with Crippen molar-refractivity contribution in [2.24, 2.45) is 17.3 Å². The van der Waals surface area contributed by atoms with Crippen LogP contribution in [0.4, 0.5) is 0 Å². The quantitative estimate of drug-likeness (QED) is 0.764. The zero-order valence-electron chi connectivity index (χ0n) is 14.0. The van der Waals surface area contributed by atoms with E-state index < -0.39 is 12.2 Å². The van der Waals surface area contributed by atoms with Gasteiger partial charge in [-0.05, 0) is 66.9 Å². The highest BCUT2D eigenvalue weighted by Gasteiger charge is 2.46. The smallest absolute Gasteiger partial charge is 0.0811 e. The molecule has 3 fully saturated rings. The van der Waals surface area contributed by atoms with E-state index in [4.69, 9.17) is 0 Å². The Morgan fingerprint density at radius 3 is 2.77 bits per heavy atom. The lowest BCUT2D eigenvalue weighted by Gasteiger charge is -2.41. The van der Waals surface area contributed by atoms with Crippen molar-refractivity contribution in [1.29, 1.82) is 0 Å². The number of allylic oxidation sites excluding steroid dienone is 3. The monoisotopic (exact) mass is 302 g/mol. The molecule has 0 bridgehead atoms. The molecule has 0 aliphatic heterocycles. The molecule has 2 N–H and O–H groups in total. The lowest BCUT2D eigenvalue weighted by atomic mass is 9.64. The van der Waals surface area contributed by atoms with Crippen molar-refractivity contribution in [1.82, 2.24) is 0 Å². The van der Waals surface area contributed by atoms with Gasteiger partial charge in [0.15, 0.2) is 0 Å². The number of aliphatic hydroxyl groups is 2. The first-order chi connectivity index (χ1) is 10.4. The largest absolute Gasteiger partial charge is 0.393 e. The summed E-state index contributed by atoms with van der Waals surface area (Å²) in [4.78, 5) is 0. The second-order valence-corrected chi connectivity index (χ2v) is 7.96. The molecular weight excluding hydrogens is 272 g/mol. The van der Waals surface area contributed by atoms with Crippen LogP contribution in [0.5, 0.6) is 0 Å². The third-order valence-corrected chi connectivity index (χ3v) is 6.70. The SMILES string of the molecule is C=C1/C(=C\C=C2\CCC[C@@]3(C)C2CC[C@@H]3C)CC(O)CC1O. The van der Waals surface area contributed by atoms with E-state index in [0.717, 1.165) is 23.0 Å². The van der Waals surface area contributed by atoms with Gasteiger partial charge in [0.25, 0.3) is 0 Å². The number of fused-ring (bicyclic) bond motifs is 1. The van der Waals surface area contributed by atoms with Crippen molar-refractivity contribution in [3.05, 3.63) is 35.5 Å². The van der Waals surface area contributed by atoms with Crippen molar-refractivity contribution in [3.63, 3.8) is 0 Å². The molecule has 0 saturated heterocycles. The molecule has 0 aromatic heterocycles. The molecule has 22 heavy (non-hydrogen) atoms. The molecular formula is C20H30O2. The summed E-state index contributed by atoms with van der Waals surface area (Å²) >= 11 is 0. The van der Waals surface area contributed by atoms with Crippen LogP contribution in [0.25, 0.3) is 0 Å². The van der Waals surface area contributed by atoms with Gasteiger partial charge in [-0.3, -0.25) is 0 Å². The van der Waals surface area contributed by atoms with Crippen molar-refractivity contribution in [2.75, 3.05) is 0 Å². The molecule has 0 radical (unpaired) electrons. The minimum Gasteiger partial charge on any atom is -0.393 e. The van der Waals surface area contributed by atoms with Crippen molar-refractivity contribution in [3.8, 4) is 0 Å². The van der Waals surface area contributed by atoms with E-state index in [1.807, 2.05) is 0 Å². The van der Waals surface area contributed by atoms with Gasteiger partial charge in [-0.2, -0.15) is 0 Å². The van der Waals surface area contributed by atoms with E-state index in [0.29, 0.717) is 18.3 Å². The molecule has 3 saturated carbocycles. The van der Waals surface area contributed by atoms with E-state index in [2.05, 4.69) is 32.6 Å². The van der Waals surface area contributed by atoms with Gasteiger partial charge in [-0.25, -0.2) is 0 Å². The van der Waals surface area contributed by atoms with Crippen LogP contribution < -0.4 is 0 Å². The van der Waals surface area contributed by atoms with Gasteiger partial charge in [-0.15, -0.1) is 0 Å². The van der Waals surface area contributed by atoms with E-state index >= 15 is 0 Å². The molecule has 0 spiro atoms. The summed E-state index contributed by atoms with van der Waals surface area (Å²) in [5, 5.41) is 19.8. The second-order valence-electron chi connectivity index (χ2n) is 7.96. The highest BCUT2D eigenvalue weighted by molar-refractivity contribution is 5.38. The molecule has 0 amide bonds. The fourth-order valence-electron chi connectivity index (χ4n) is 4.96. The van der Waals surface area contributed by atoms with E-state index in [-0.39, 0.29) is 0 Å². The fraction of sp³-hybridized carbons (Fsp3) is 0.700. The molecule has 2 nitrogen and oxygen atoms in total. The standard InChI is InChI=1S/C20H30O2/c1-13-6-9-18-15(5-4-10-20(13,18)3)7-8-16-11-17(21)12-19(22)14(16)2/h7-8,13,17-19,21-22H,2,4-6,9-12H2,1,3H3/b15-7-,16-8-/t13-,17?,18?,19?,20+/m0/s1. The van der Waals surface area contributed by atoms with Crippen LogP contribution in [0, 0.1) is 17.3 Å². The van der Waals surface area contributed by atoms with Crippen LogP contribution in [0.3, 0.4) is 0 Å². The van der Waals surface area contributed by atoms with Gasteiger partial charge >= 0.3 is 0 Å². The first-order valence-electron chi connectivity index (χ1n) is 8.86. The van der Waals surface area contributed by atoms with Gasteiger partial charge in [0.1, 0.15) is 0 Å². The van der Waals surface area contributed by atoms with Crippen molar-refractivity contribution in [2.45, 2.75) is 71.0 Å². The zero-order chi connectivity index (χ0) is 15.9. The molecule has 122 valence electrons. The van der Waals surface area contributed by atoms with E-state index in [9.17, 15) is 10.2 Å². The Bertz CT molecular complexity index is 516. The second kappa shape index (κ2) is 5.98. The van der Waals surface area contributed by atoms with Crippen molar-refractivity contribution >= 4 is 0 Å². The maximum Gasteiger partial charge on any atom is 0.0811 e. The molecule has 0 aromatic rings. The highest BCUT2D eigenvalue weighted by Crippen LogP contribution is 2.57. The lowest BCUT2D eigenvalue weighted by molar-refractivity contribution is 0.0862. The molecule has 0 aromatic carbocycles. The van der Waals surface area contributed by atoms with Crippen LogP contribution in [0.2, 0.25) is 0 Å². The summed E-state index contributed by atoms with van der Waals surface area (Å²) in [6.45, 7) is 8.90. The van der Waals surface area contributed by atoms with Gasteiger partial charge < -0.3 is 10.2 Å². The minimum absolute atomic E-state index is 0.422. The third-order valence-electron chi connectivity index (χ3n) is 6.70. The van der Waals surface area contributed by atoms with Crippen LogP contribution in [0.1, 0.15) is 58.8 Å². The van der Waals surface area contributed by atoms with Crippen LogP contribution in [-0.4, -0.2) is 22.4 Å². The Morgan fingerprint density at radius 2 is 2.00 bits per heavy atom. The molecule has 3 unspecified atom stereocenters. The zero-order valence-corrected chi connectivity index (χ0v) is 14.0. The van der Waals surface area contributed by atoms with Gasteiger partial charge in [-0.1, -0.05) is 38.2 Å². The Hall–Kier alpha value is -0.860. The maximum atomic E-state index is 9.96. The maximum absolute atomic E-state index is 9.96. The Labute approximate surface area is 134 Å². The van der Waals surface area contributed by atoms with E-state index in [1.165, 1.54) is 32.1 Å². The third kappa shape index (κ3) is 2.72. The van der Waals surface area contributed by atoms with Crippen LogP contribution >= 0.6 is 0 Å². The summed E-state index contributed by atoms with van der Waals surface area (Å²) in [5.41, 5.74) is 3.87. The fourth-order valence-corrected chi connectivity index (χ4v) is 4.96. The van der Waals surface area contributed by atoms with Gasteiger partial charge in [0, 0.05) is 6.42 Å². The summed E-state index contributed by atoms with van der Waals surface area (Å²) in [6, 6.07) is 0. The summed E-state index contributed by atoms with van der Waals surface area (Å²) < 4.78 is 0. The van der Waals surface area contributed by atoms with Gasteiger partial charge in [0.05, 0.1) is 12.2 Å². The Balaban J connectivity index is 1.82. The predicted molar refractivity (Wildman–Crippen MR) is 90.4 cm³/mol. The van der Waals surface area contributed by atoms with Crippen molar-refractivity contribution < 1.29 is 10.2 Å². The average Bonchev–Trinajstić information content (AvgIpc) is 2.77. The normalized spacial score (nSPS) is 46.3. The first-order valence-corrected chi connectivity index (χ1v) is 8.86. The number of aliphatic hydroxyl groups excluding tert-OH is 2. The molecule has 3 rings (SSSR count). The molecule has 2 heteroatoms. The summed E-state index contributed by atoms with van der Waals surface area (Å²) in [6.07, 6.45) is 10.9. The molecule has 0 heterocycles. The van der Waals surface area contributed by atoms with Crippen LogP contribution in [0.15, 0.2) is 35.5 Å². The summed E-state index contributed by atoms with van der Waals surface area (Å²) in [5.74, 6) is 1.54. The predicted octanol–water partition coefficient (Wildman–Crippen LogP) is 4.15. The summed E-state index contributed by atoms with van der Waals surface area (Å²) in [7, 11) is 0. The Morgan fingerprint density at radius 1 is 1.23 bits per heavy atom. The lowest BCUT2D eigenvalue weighted by Crippen LogP contribution is -2.32. The number of hydrogen-bond donors (Lipinski definition) is 2. The number of hydrogen-bond acceptors (Lipinski definition) is 2. The van der Waals surface area contributed by atoms with E-state index in [1.54, 1.807) is 5.57 Å². The average molecular weight is 302 g/mol. The number of rotatable bonds is 1.